The molecule has 1 saturated heterocycles. The lowest BCUT2D eigenvalue weighted by Crippen LogP contribution is -2.55. The topological polar surface area (TPSA) is 75.4 Å². The van der Waals surface area contributed by atoms with E-state index in [1.165, 1.54) is 0 Å². The second kappa shape index (κ2) is 6.77. The zero-order valence-corrected chi connectivity index (χ0v) is 13.4. The zero-order valence-electron chi connectivity index (χ0n) is 13.4. The molecule has 0 aromatic rings. The van der Waals surface area contributed by atoms with Gasteiger partial charge in [0.1, 0.15) is 0 Å². The van der Waals surface area contributed by atoms with Crippen LogP contribution >= 0.6 is 0 Å². The van der Waals surface area contributed by atoms with E-state index in [4.69, 9.17) is 5.73 Å². The van der Waals surface area contributed by atoms with Gasteiger partial charge in [-0.15, -0.1) is 0 Å². The molecule has 5 nitrogen and oxygen atoms in total. The van der Waals surface area contributed by atoms with Crippen molar-refractivity contribution in [2.75, 3.05) is 19.6 Å². The summed E-state index contributed by atoms with van der Waals surface area (Å²) < 4.78 is 0. The molecule has 21 heavy (non-hydrogen) atoms. The molecule has 1 aliphatic heterocycles. The average Bonchev–Trinajstić information content (AvgIpc) is 2.44. The summed E-state index contributed by atoms with van der Waals surface area (Å²) in [5, 5.41) is 2.87. The summed E-state index contributed by atoms with van der Waals surface area (Å²) in [6.45, 7) is 5.91. The van der Waals surface area contributed by atoms with Crippen LogP contribution in [0.1, 0.15) is 52.4 Å². The first kappa shape index (κ1) is 16.3. The van der Waals surface area contributed by atoms with Crippen LogP contribution in [0, 0.1) is 11.8 Å². The Labute approximate surface area is 127 Å². The van der Waals surface area contributed by atoms with Crippen molar-refractivity contribution >= 4 is 11.8 Å². The molecule has 0 spiro atoms. The smallest absolute Gasteiger partial charge is 0.227 e. The predicted octanol–water partition coefficient (Wildman–Crippen LogP) is 1.27. The number of nitrogens with two attached hydrogens (primary N) is 1. The number of hydrogen-bond acceptors (Lipinski definition) is 3. The van der Waals surface area contributed by atoms with Crippen LogP contribution in [0.5, 0.6) is 0 Å². The molecule has 3 N–H and O–H groups in total. The van der Waals surface area contributed by atoms with E-state index in [1.807, 2.05) is 11.8 Å². The third-order valence-electron chi connectivity index (χ3n) is 5.12. The summed E-state index contributed by atoms with van der Waals surface area (Å²) >= 11 is 0. The van der Waals surface area contributed by atoms with Crippen molar-refractivity contribution in [3.63, 3.8) is 0 Å². The third kappa shape index (κ3) is 4.19. The van der Waals surface area contributed by atoms with Gasteiger partial charge in [-0.1, -0.05) is 12.8 Å². The van der Waals surface area contributed by atoms with Crippen molar-refractivity contribution in [2.45, 2.75) is 57.9 Å². The van der Waals surface area contributed by atoms with Crippen molar-refractivity contribution in [1.29, 1.82) is 0 Å². The molecule has 2 aliphatic rings. The molecule has 2 rings (SSSR count). The van der Waals surface area contributed by atoms with Gasteiger partial charge in [-0.25, -0.2) is 0 Å². The molecule has 2 atom stereocenters. The predicted molar refractivity (Wildman–Crippen MR) is 82.5 cm³/mol. The second-order valence-electron chi connectivity index (χ2n) is 7.01. The van der Waals surface area contributed by atoms with E-state index in [0.29, 0.717) is 5.92 Å². The van der Waals surface area contributed by atoms with Gasteiger partial charge < -0.3 is 16.0 Å². The summed E-state index contributed by atoms with van der Waals surface area (Å²) in [5.74, 6) is 0.749. The summed E-state index contributed by atoms with van der Waals surface area (Å²) in [6.07, 6.45) is 6.07. The second-order valence-corrected chi connectivity index (χ2v) is 7.01. The Morgan fingerprint density at radius 1 is 1.24 bits per heavy atom. The molecule has 0 bridgehead atoms. The number of amides is 2. The summed E-state index contributed by atoms with van der Waals surface area (Å²) in [6, 6.07) is 0. The fourth-order valence-corrected chi connectivity index (χ4v) is 3.63. The highest BCUT2D eigenvalue weighted by Gasteiger charge is 2.40. The summed E-state index contributed by atoms with van der Waals surface area (Å²) in [5.41, 5.74) is 6.00. The van der Waals surface area contributed by atoms with Gasteiger partial charge in [0.15, 0.2) is 0 Å². The standard InChI is InChI=1S/C16H29N3O2/c1-12(20)18-11-13-6-9-19(10-7-13)15(21)14-5-3-4-8-16(14,2)17/h13-14H,3-11,17H2,1-2H3,(H,18,20). The average molecular weight is 295 g/mol. The number of nitrogens with one attached hydrogen (secondary N) is 1. The number of likely N-dealkylation sites (tertiary alicyclic amines) is 1. The Morgan fingerprint density at radius 3 is 2.48 bits per heavy atom. The van der Waals surface area contributed by atoms with Crippen molar-refractivity contribution in [3.8, 4) is 0 Å². The Kier molecular flexibility index (Phi) is 5.25. The quantitative estimate of drug-likeness (QED) is 0.823. The molecule has 1 saturated carbocycles. The molecule has 0 aromatic carbocycles. The van der Waals surface area contributed by atoms with Crippen LogP contribution in [0.25, 0.3) is 0 Å². The minimum Gasteiger partial charge on any atom is -0.356 e. The van der Waals surface area contributed by atoms with Crippen molar-refractivity contribution in [1.82, 2.24) is 10.2 Å². The lowest BCUT2D eigenvalue weighted by Gasteiger charge is -2.41. The molecule has 120 valence electrons. The fraction of sp³-hybridized carbons (Fsp3) is 0.875. The zero-order chi connectivity index (χ0) is 15.5. The van der Waals surface area contributed by atoms with E-state index in [-0.39, 0.29) is 23.3 Å². The minimum absolute atomic E-state index is 0.0156. The van der Waals surface area contributed by atoms with Crippen molar-refractivity contribution < 1.29 is 9.59 Å². The fourth-order valence-electron chi connectivity index (χ4n) is 3.63. The monoisotopic (exact) mass is 295 g/mol. The van der Waals surface area contributed by atoms with Crippen molar-refractivity contribution in [2.24, 2.45) is 17.6 Å². The maximum atomic E-state index is 12.7. The number of carbonyl (C=O) groups excluding carboxylic acids is 2. The first-order valence-electron chi connectivity index (χ1n) is 8.22. The van der Waals surface area contributed by atoms with Crippen LogP contribution in [-0.4, -0.2) is 41.9 Å². The maximum Gasteiger partial charge on any atom is 0.227 e. The van der Waals surface area contributed by atoms with E-state index in [9.17, 15) is 9.59 Å². The summed E-state index contributed by atoms with van der Waals surface area (Å²) in [4.78, 5) is 25.7. The van der Waals surface area contributed by atoms with E-state index < -0.39 is 0 Å². The van der Waals surface area contributed by atoms with Crippen LogP contribution < -0.4 is 11.1 Å². The Bertz CT molecular complexity index is 387. The molecule has 0 radical (unpaired) electrons. The molecule has 0 aromatic heterocycles. The van der Waals surface area contributed by atoms with Gasteiger partial charge in [0.2, 0.25) is 11.8 Å². The molecule has 1 heterocycles. The van der Waals surface area contributed by atoms with Crippen LogP contribution in [0.15, 0.2) is 0 Å². The third-order valence-corrected chi connectivity index (χ3v) is 5.12. The highest BCUT2D eigenvalue weighted by atomic mass is 16.2. The summed E-state index contributed by atoms with van der Waals surface area (Å²) in [7, 11) is 0. The highest BCUT2D eigenvalue weighted by molar-refractivity contribution is 5.80. The van der Waals surface area contributed by atoms with Crippen LogP contribution in [-0.2, 0) is 9.59 Å². The molecular weight excluding hydrogens is 266 g/mol. The number of hydrogen-bond donors (Lipinski definition) is 2. The van der Waals surface area contributed by atoms with Gasteiger partial charge >= 0.3 is 0 Å². The van der Waals surface area contributed by atoms with E-state index in [2.05, 4.69) is 5.32 Å². The number of piperidine rings is 1. The highest BCUT2D eigenvalue weighted by Crippen LogP contribution is 2.33. The van der Waals surface area contributed by atoms with Gasteiger partial charge in [0.25, 0.3) is 0 Å². The molecule has 2 unspecified atom stereocenters. The van der Waals surface area contributed by atoms with Crippen LogP contribution in [0.4, 0.5) is 0 Å². The number of carbonyl (C=O) groups is 2. The Balaban J connectivity index is 1.84. The maximum absolute atomic E-state index is 12.7. The van der Waals surface area contributed by atoms with E-state index in [1.54, 1.807) is 6.92 Å². The lowest BCUT2D eigenvalue weighted by atomic mass is 9.73. The molecule has 5 heteroatoms. The van der Waals surface area contributed by atoms with Gasteiger partial charge in [-0.3, -0.25) is 9.59 Å². The molecule has 2 fully saturated rings. The largest absolute Gasteiger partial charge is 0.356 e. The van der Waals surface area contributed by atoms with E-state index >= 15 is 0 Å². The minimum atomic E-state index is -0.345. The van der Waals surface area contributed by atoms with Gasteiger partial charge in [-0.2, -0.15) is 0 Å². The van der Waals surface area contributed by atoms with Crippen LogP contribution in [0.2, 0.25) is 0 Å². The normalized spacial score (nSPS) is 31.0. The lowest BCUT2D eigenvalue weighted by molar-refractivity contribution is -0.140. The van der Waals surface area contributed by atoms with E-state index in [0.717, 1.165) is 58.2 Å². The molecular formula is C16H29N3O2. The van der Waals surface area contributed by atoms with Crippen LogP contribution in [0.3, 0.4) is 0 Å². The Morgan fingerprint density at radius 2 is 1.90 bits per heavy atom. The Hall–Kier alpha value is -1.10. The molecule has 2 amide bonds. The SMILES string of the molecule is CC(=O)NCC1CCN(C(=O)C2CCCCC2(C)N)CC1. The van der Waals surface area contributed by atoms with Gasteiger partial charge in [0, 0.05) is 32.1 Å². The first-order valence-corrected chi connectivity index (χ1v) is 8.22. The first-order chi connectivity index (χ1) is 9.90. The van der Waals surface area contributed by atoms with Gasteiger partial charge in [-0.05, 0) is 38.5 Å². The van der Waals surface area contributed by atoms with Gasteiger partial charge in [0.05, 0.1) is 5.92 Å². The van der Waals surface area contributed by atoms with Crippen molar-refractivity contribution in [3.05, 3.63) is 0 Å². The number of nitrogens with zero attached hydrogens (tertiary/aromatic N) is 1. The molecule has 1 aliphatic carbocycles. The number of rotatable bonds is 3.